The van der Waals surface area contributed by atoms with Gasteiger partial charge in [-0.05, 0) is 43.0 Å². The maximum Gasteiger partial charge on any atom is 0.0548 e. The number of benzene rings is 1. The molecule has 1 aromatic carbocycles. The van der Waals surface area contributed by atoms with Crippen molar-refractivity contribution in [2.24, 2.45) is 0 Å². The maximum absolute atomic E-state index is 6.33. The predicted octanol–water partition coefficient (Wildman–Crippen LogP) is 3.73. The summed E-state index contributed by atoms with van der Waals surface area (Å²) in [7, 11) is 0. The number of aromatic nitrogens is 1. The predicted molar refractivity (Wildman–Crippen MR) is 78.5 cm³/mol. The summed E-state index contributed by atoms with van der Waals surface area (Å²) < 4.78 is 0. The van der Waals surface area contributed by atoms with Gasteiger partial charge in [0, 0.05) is 34.5 Å². The van der Waals surface area contributed by atoms with Crippen LogP contribution < -0.4 is 5.32 Å². The average Bonchev–Trinajstić information content (AvgIpc) is 2.89. The van der Waals surface area contributed by atoms with Crippen LogP contribution in [-0.2, 0) is 0 Å². The largest absolute Gasteiger partial charge is 0.313 e. The van der Waals surface area contributed by atoms with Gasteiger partial charge in [-0.2, -0.15) is 0 Å². The number of fused-ring (bicyclic) bond motifs is 1. The van der Waals surface area contributed by atoms with Gasteiger partial charge in [0.2, 0.25) is 0 Å². The zero-order chi connectivity index (χ0) is 12.4. The fourth-order valence-corrected chi connectivity index (χ4v) is 3.70. The van der Waals surface area contributed by atoms with Crippen LogP contribution in [0.25, 0.3) is 10.8 Å². The van der Waals surface area contributed by atoms with Gasteiger partial charge < -0.3 is 5.32 Å². The Bertz CT molecular complexity index is 552. The zero-order valence-corrected chi connectivity index (χ0v) is 11.6. The van der Waals surface area contributed by atoms with Crippen LogP contribution in [0.3, 0.4) is 0 Å². The second-order valence-electron chi connectivity index (χ2n) is 4.61. The van der Waals surface area contributed by atoms with Crippen molar-refractivity contribution in [2.75, 3.05) is 12.3 Å². The molecule has 1 N–H and O–H groups in total. The van der Waals surface area contributed by atoms with Gasteiger partial charge >= 0.3 is 0 Å². The molecular formula is C14H15ClN2S. The lowest BCUT2D eigenvalue weighted by Gasteiger charge is -2.11. The van der Waals surface area contributed by atoms with E-state index in [2.05, 4.69) is 16.4 Å². The van der Waals surface area contributed by atoms with E-state index >= 15 is 0 Å². The first-order chi connectivity index (χ1) is 8.83. The highest BCUT2D eigenvalue weighted by Gasteiger charge is 2.14. The van der Waals surface area contributed by atoms with Crippen molar-refractivity contribution >= 4 is 34.1 Å². The van der Waals surface area contributed by atoms with Gasteiger partial charge in [0.05, 0.1) is 5.02 Å². The summed E-state index contributed by atoms with van der Waals surface area (Å²) in [6.07, 6.45) is 6.26. The van der Waals surface area contributed by atoms with E-state index in [-0.39, 0.29) is 0 Å². The maximum atomic E-state index is 6.33. The molecule has 1 unspecified atom stereocenters. The Morgan fingerprint density at radius 3 is 3.17 bits per heavy atom. The second kappa shape index (κ2) is 5.47. The molecule has 0 radical (unpaired) electrons. The minimum Gasteiger partial charge on any atom is -0.313 e. The summed E-state index contributed by atoms with van der Waals surface area (Å²) in [4.78, 5) is 5.31. The number of pyridine rings is 1. The van der Waals surface area contributed by atoms with Gasteiger partial charge in [0.25, 0.3) is 0 Å². The Hall–Kier alpha value is -0.770. The molecule has 2 aromatic rings. The van der Waals surface area contributed by atoms with Crippen molar-refractivity contribution in [3.8, 4) is 0 Å². The first-order valence-electron chi connectivity index (χ1n) is 6.22. The van der Waals surface area contributed by atoms with Crippen LogP contribution in [0, 0.1) is 0 Å². The number of hydrogen-bond acceptors (Lipinski definition) is 3. The average molecular weight is 279 g/mol. The van der Waals surface area contributed by atoms with Gasteiger partial charge in [-0.3, -0.25) is 4.98 Å². The number of nitrogens with zero attached hydrogens (tertiary/aromatic N) is 1. The minimum absolute atomic E-state index is 0.635. The third-order valence-corrected chi connectivity index (χ3v) is 4.94. The van der Waals surface area contributed by atoms with E-state index in [0.717, 1.165) is 33.0 Å². The molecule has 0 spiro atoms. The molecule has 1 fully saturated rings. The first kappa shape index (κ1) is 12.3. The summed E-state index contributed by atoms with van der Waals surface area (Å²) in [6, 6.07) is 6.80. The number of hydrogen-bond donors (Lipinski definition) is 1. The molecule has 94 valence electrons. The van der Waals surface area contributed by atoms with E-state index in [0.29, 0.717) is 6.04 Å². The Kier molecular flexibility index (Phi) is 3.73. The van der Waals surface area contributed by atoms with E-state index in [9.17, 15) is 0 Å². The van der Waals surface area contributed by atoms with Crippen LogP contribution in [0.1, 0.15) is 12.8 Å². The van der Waals surface area contributed by atoms with E-state index in [1.165, 1.54) is 12.8 Å². The summed E-state index contributed by atoms with van der Waals surface area (Å²) in [5.41, 5.74) is 0. The van der Waals surface area contributed by atoms with Gasteiger partial charge in [-0.15, -0.1) is 11.8 Å². The Labute approximate surface area is 116 Å². The highest BCUT2D eigenvalue weighted by atomic mass is 35.5. The molecule has 18 heavy (non-hydrogen) atoms. The highest BCUT2D eigenvalue weighted by molar-refractivity contribution is 7.99. The molecule has 2 nitrogen and oxygen atoms in total. The summed E-state index contributed by atoms with van der Waals surface area (Å²) in [6.45, 7) is 1.15. The van der Waals surface area contributed by atoms with Crippen molar-refractivity contribution in [3.63, 3.8) is 0 Å². The molecule has 0 aliphatic carbocycles. The lowest BCUT2D eigenvalue weighted by molar-refractivity contribution is 0.674. The van der Waals surface area contributed by atoms with Gasteiger partial charge in [-0.1, -0.05) is 11.6 Å². The van der Waals surface area contributed by atoms with Crippen molar-refractivity contribution in [1.29, 1.82) is 0 Å². The third kappa shape index (κ3) is 2.63. The van der Waals surface area contributed by atoms with Crippen LogP contribution in [0.15, 0.2) is 35.5 Å². The smallest absolute Gasteiger partial charge is 0.0548 e. The van der Waals surface area contributed by atoms with E-state index < -0.39 is 0 Å². The molecule has 0 bridgehead atoms. The Morgan fingerprint density at radius 2 is 2.33 bits per heavy atom. The number of halogens is 1. The van der Waals surface area contributed by atoms with E-state index in [4.69, 9.17) is 11.6 Å². The monoisotopic (exact) mass is 278 g/mol. The number of nitrogens with one attached hydrogen (secondary N) is 1. The lowest BCUT2D eigenvalue weighted by Crippen LogP contribution is -2.23. The topological polar surface area (TPSA) is 24.9 Å². The van der Waals surface area contributed by atoms with Gasteiger partial charge in [0.1, 0.15) is 0 Å². The van der Waals surface area contributed by atoms with Crippen LogP contribution in [0.4, 0.5) is 0 Å². The second-order valence-corrected chi connectivity index (χ2v) is 6.08. The lowest BCUT2D eigenvalue weighted by atomic mass is 10.2. The first-order valence-corrected chi connectivity index (χ1v) is 7.59. The molecule has 2 heterocycles. The fraction of sp³-hybridized carbons (Fsp3) is 0.357. The summed E-state index contributed by atoms with van der Waals surface area (Å²) in [5, 5.41) is 6.66. The molecular weight excluding hydrogens is 264 g/mol. The van der Waals surface area contributed by atoms with Crippen LogP contribution in [-0.4, -0.2) is 23.3 Å². The number of thioether (sulfide) groups is 1. The molecule has 3 rings (SSSR count). The third-order valence-electron chi connectivity index (χ3n) is 3.29. The fourth-order valence-electron chi connectivity index (χ4n) is 2.29. The van der Waals surface area contributed by atoms with Crippen molar-refractivity contribution in [2.45, 2.75) is 23.8 Å². The molecule has 1 aliphatic heterocycles. The molecule has 4 heteroatoms. The quantitative estimate of drug-likeness (QED) is 0.866. The standard InChI is InChI=1S/C14H15ClN2S/c15-13-6-10-3-5-16-8-11(10)7-14(13)18-9-12-2-1-4-17-12/h3,5-8,12,17H,1-2,4,9H2. The van der Waals surface area contributed by atoms with Crippen LogP contribution in [0.5, 0.6) is 0 Å². The zero-order valence-electron chi connectivity index (χ0n) is 10.0. The van der Waals surface area contributed by atoms with E-state index in [1.54, 1.807) is 6.20 Å². The van der Waals surface area contributed by atoms with Crippen LogP contribution in [0.2, 0.25) is 5.02 Å². The minimum atomic E-state index is 0.635. The Balaban J connectivity index is 1.80. The molecule has 0 amide bonds. The molecule has 1 atom stereocenters. The summed E-state index contributed by atoms with van der Waals surface area (Å²) >= 11 is 8.16. The van der Waals surface area contributed by atoms with Crippen molar-refractivity contribution in [3.05, 3.63) is 35.6 Å². The molecule has 0 saturated carbocycles. The van der Waals surface area contributed by atoms with E-state index in [1.807, 2.05) is 30.1 Å². The van der Waals surface area contributed by atoms with Crippen LogP contribution >= 0.6 is 23.4 Å². The highest BCUT2D eigenvalue weighted by Crippen LogP contribution is 2.32. The Morgan fingerprint density at radius 1 is 1.39 bits per heavy atom. The molecule has 1 saturated heterocycles. The van der Waals surface area contributed by atoms with Crippen molar-refractivity contribution < 1.29 is 0 Å². The molecule has 1 aromatic heterocycles. The normalized spacial score (nSPS) is 19.5. The van der Waals surface area contributed by atoms with Crippen molar-refractivity contribution in [1.82, 2.24) is 10.3 Å². The SMILES string of the molecule is Clc1cc2ccncc2cc1SCC1CCCN1. The van der Waals surface area contributed by atoms with Gasteiger partial charge in [-0.25, -0.2) is 0 Å². The molecule has 1 aliphatic rings. The number of rotatable bonds is 3. The van der Waals surface area contributed by atoms with Gasteiger partial charge in [0.15, 0.2) is 0 Å². The summed E-state index contributed by atoms with van der Waals surface area (Å²) in [5.74, 6) is 1.09.